The summed E-state index contributed by atoms with van der Waals surface area (Å²) in [5, 5.41) is 14.4. The van der Waals surface area contributed by atoms with Crippen LogP contribution in [0.2, 0.25) is 0 Å². The molecule has 2 aromatic heterocycles. The zero-order valence-corrected chi connectivity index (χ0v) is 44.0. The SMILES string of the molecule is COc1ccc(C(OC[C@H]2O[C@@H](n3cnc4c(NC(=O)c5ccc(CCC(=O)COC(=O)CCCN(C)C(=O)OCC6c7ccccc7-c7ccccc76)cc5)ncnc43)C[C@H]2O)(c2ccccc2)c2ccc(OC)cc2)cc1. The molecule has 17 heteroatoms. The van der Waals surface area contributed by atoms with Crippen molar-refractivity contribution < 1.29 is 52.7 Å². The summed E-state index contributed by atoms with van der Waals surface area (Å²) >= 11 is 0. The fourth-order valence-corrected chi connectivity index (χ4v) is 10.3. The molecular weight excluding hydrogens is 1000 g/mol. The first-order chi connectivity index (χ1) is 38.5. The number of nitrogens with zero attached hydrogens (tertiary/aromatic N) is 5. The van der Waals surface area contributed by atoms with E-state index in [2.05, 4.69) is 44.5 Å². The van der Waals surface area contributed by atoms with Gasteiger partial charge in [0.25, 0.3) is 5.91 Å². The lowest BCUT2D eigenvalue weighted by molar-refractivity contribution is -0.148. The molecule has 0 radical (unpaired) electrons. The second-order valence-electron chi connectivity index (χ2n) is 19.5. The second kappa shape index (κ2) is 24.3. The average molecular weight is 1070 g/mol. The monoisotopic (exact) mass is 1060 g/mol. The molecule has 1 aliphatic heterocycles. The molecular formula is C62H60N6O11. The number of hydrogen-bond acceptors (Lipinski definition) is 14. The smallest absolute Gasteiger partial charge is 0.409 e. The fraction of sp³-hybridized carbons (Fsp3) is 0.274. The molecule has 404 valence electrons. The molecule has 0 spiro atoms. The van der Waals surface area contributed by atoms with Crippen LogP contribution in [-0.4, -0.2) is 113 Å². The quantitative estimate of drug-likeness (QED) is 0.0480. The summed E-state index contributed by atoms with van der Waals surface area (Å²) in [6, 6.07) is 48.3. The highest BCUT2D eigenvalue weighted by Gasteiger charge is 2.42. The first kappa shape index (κ1) is 53.6. The van der Waals surface area contributed by atoms with Crippen molar-refractivity contribution in [2.75, 3.05) is 52.9 Å². The summed E-state index contributed by atoms with van der Waals surface area (Å²) in [6.07, 6.45) is 1.15. The van der Waals surface area contributed by atoms with Crippen LogP contribution in [0, 0.1) is 0 Å². The van der Waals surface area contributed by atoms with Gasteiger partial charge in [0, 0.05) is 44.3 Å². The number of aliphatic hydroxyl groups is 1. The number of nitrogens with one attached hydrogen (secondary N) is 1. The molecule has 79 heavy (non-hydrogen) atoms. The molecule has 3 heterocycles. The maximum Gasteiger partial charge on any atom is 0.409 e. The van der Waals surface area contributed by atoms with E-state index in [0.29, 0.717) is 41.1 Å². The second-order valence-corrected chi connectivity index (χ2v) is 19.5. The van der Waals surface area contributed by atoms with Gasteiger partial charge >= 0.3 is 12.1 Å². The first-order valence-electron chi connectivity index (χ1n) is 26.2. The minimum absolute atomic E-state index is 0.00810. The number of esters is 1. The van der Waals surface area contributed by atoms with Crippen LogP contribution >= 0.6 is 0 Å². The number of fused-ring (bicyclic) bond motifs is 4. The molecule has 3 atom stereocenters. The molecule has 1 aliphatic carbocycles. The van der Waals surface area contributed by atoms with Crippen molar-refractivity contribution in [1.82, 2.24) is 24.4 Å². The van der Waals surface area contributed by atoms with E-state index in [1.807, 2.05) is 103 Å². The Morgan fingerprint density at radius 3 is 1.99 bits per heavy atom. The van der Waals surface area contributed by atoms with Crippen molar-refractivity contribution in [3.05, 3.63) is 203 Å². The summed E-state index contributed by atoms with van der Waals surface area (Å²) in [5.41, 5.74) is 7.84. The number of hydrogen-bond donors (Lipinski definition) is 2. The number of aliphatic hydroxyl groups excluding tert-OH is 1. The molecule has 6 aromatic carbocycles. The number of ketones is 1. The Kier molecular flexibility index (Phi) is 16.5. The minimum Gasteiger partial charge on any atom is -0.497 e. The molecule has 0 unspecified atom stereocenters. The van der Waals surface area contributed by atoms with E-state index in [4.69, 9.17) is 28.4 Å². The molecule has 2 N–H and O–H groups in total. The third-order valence-corrected chi connectivity index (χ3v) is 14.6. The van der Waals surface area contributed by atoms with E-state index in [9.17, 15) is 24.3 Å². The number of rotatable bonds is 22. The van der Waals surface area contributed by atoms with Crippen LogP contribution in [0.15, 0.2) is 164 Å². The summed E-state index contributed by atoms with van der Waals surface area (Å²) in [7, 11) is 4.86. The third-order valence-electron chi connectivity index (χ3n) is 14.6. The molecule has 2 amide bonds. The number of methoxy groups -OCH3 is 2. The lowest BCUT2D eigenvalue weighted by Gasteiger charge is -2.37. The normalized spacial score (nSPS) is 15.7. The zero-order chi connectivity index (χ0) is 54.9. The number of carbonyl (C=O) groups is 4. The number of imidazole rings is 1. The number of aromatic nitrogens is 4. The van der Waals surface area contributed by atoms with Gasteiger partial charge < -0.3 is 43.7 Å². The van der Waals surface area contributed by atoms with E-state index in [-0.39, 0.29) is 63.1 Å². The largest absolute Gasteiger partial charge is 0.497 e. The summed E-state index contributed by atoms with van der Waals surface area (Å²) in [4.78, 5) is 66.4. The van der Waals surface area contributed by atoms with Crippen molar-refractivity contribution in [1.29, 1.82) is 0 Å². The van der Waals surface area contributed by atoms with Crippen LogP contribution in [-0.2, 0) is 40.6 Å². The van der Waals surface area contributed by atoms with Crippen LogP contribution < -0.4 is 14.8 Å². The van der Waals surface area contributed by atoms with Gasteiger partial charge in [-0.05, 0) is 93.7 Å². The standard InChI is InChI=1S/C62H60N6O11/c1-67(61(73)77-36-52-50-16-9-7-14-48(50)49-15-8-10-17-51(49)52)33-11-18-56(71)76-35-45(69)28-21-40-19-22-41(23-20-40)60(72)66-58-57-59(64-38-63-58)68(39-65-57)55-34-53(70)54(79-55)37-78-62(42-12-5-4-6-13-42,43-24-29-46(74-2)30-25-43)44-26-31-47(75-3)32-27-44/h4-10,12-17,19-20,22-27,29-32,38-39,52-55,70H,11,18,21,28,33-37H2,1-3H3,(H,63,64,66,72)/t53-,54-,55-/m1/s1. The van der Waals surface area contributed by atoms with E-state index >= 15 is 0 Å². The van der Waals surface area contributed by atoms with Gasteiger partial charge in [-0.3, -0.25) is 19.0 Å². The van der Waals surface area contributed by atoms with Crippen LogP contribution in [0.4, 0.5) is 10.6 Å². The Balaban J connectivity index is 0.688. The number of carbonyl (C=O) groups excluding carboxylic acids is 4. The number of Topliss-reactive ketones (excluding diaryl/α,β-unsaturated/α-hetero) is 1. The van der Waals surface area contributed by atoms with E-state index in [1.54, 1.807) is 56.4 Å². The topological polar surface area (TPSA) is 203 Å². The number of ether oxygens (including phenoxy) is 6. The Bertz CT molecular complexity index is 3330. The number of aryl methyl sites for hydroxylation is 1. The average Bonchev–Trinajstić information content (AvgIpc) is 4.22. The molecule has 10 rings (SSSR count). The highest BCUT2D eigenvalue weighted by Crippen LogP contribution is 2.45. The van der Waals surface area contributed by atoms with Gasteiger partial charge in [0.2, 0.25) is 0 Å². The summed E-state index contributed by atoms with van der Waals surface area (Å²) in [5.74, 6) is 0.299. The molecule has 17 nitrogen and oxygen atoms in total. The predicted molar refractivity (Wildman–Crippen MR) is 294 cm³/mol. The van der Waals surface area contributed by atoms with Gasteiger partial charge in [0.05, 0.1) is 33.3 Å². The third kappa shape index (κ3) is 11.7. The maximum absolute atomic E-state index is 13.5. The minimum atomic E-state index is -1.12. The Morgan fingerprint density at radius 1 is 0.722 bits per heavy atom. The van der Waals surface area contributed by atoms with Crippen molar-refractivity contribution >= 4 is 40.7 Å². The van der Waals surface area contributed by atoms with Crippen molar-refractivity contribution in [3.63, 3.8) is 0 Å². The molecule has 0 saturated carbocycles. The van der Waals surface area contributed by atoms with Crippen LogP contribution in [0.5, 0.6) is 11.5 Å². The Morgan fingerprint density at radius 2 is 1.34 bits per heavy atom. The highest BCUT2D eigenvalue weighted by molar-refractivity contribution is 6.06. The summed E-state index contributed by atoms with van der Waals surface area (Å²) in [6.45, 7) is 0.124. The van der Waals surface area contributed by atoms with Gasteiger partial charge in [-0.2, -0.15) is 0 Å². The molecule has 8 aromatic rings. The Labute approximate surface area is 457 Å². The number of benzene rings is 6. The molecule has 0 bridgehead atoms. The van der Waals surface area contributed by atoms with Gasteiger partial charge in [-0.1, -0.05) is 115 Å². The summed E-state index contributed by atoms with van der Waals surface area (Å²) < 4.78 is 37.2. The van der Waals surface area contributed by atoms with Gasteiger partial charge in [0.15, 0.2) is 22.8 Å². The molecule has 1 saturated heterocycles. The highest BCUT2D eigenvalue weighted by atomic mass is 16.6. The molecule has 1 fully saturated rings. The molecule has 2 aliphatic rings. The van der Waals surface area contributed by atoms with Crippen molar-refractivity contribution in [2.24, 2.45) is 0 Å². The zero-order valence-electron chi connectivity index (χ0n) is 44.0. The van der Waals surface area contributed by atoms with Crippen molar-refractivity contribution in [3.8, 4) is 22.6 Å². The van der Waals surface area contributed by atoms with Gasteiger partial charge in [-0.15, -0.1) is 0 Å². The lowest BCUT2D eigenvalue weighted by atomic mass is 9.80. The van der Waals surface area contributed by atoms with Crippen molar-refractivity contribution in [2.45, 2.75) is 62.1 Å². The number of amides is 2. The number of anilines is 1. The predicted octanol–water partition coefficient (Wildman–Crippen LogP) is 9.46. The van der Waals surface area contributed by atoms with E-state index in [0.717, 1.165) is 44.5 Å². The fourth-order valence-electron chi connectivity index (χ4n) is 10.3. The van der Waals surface area contributed by atoms with E-state index < -0.39 is 42.0 Å². The van der Waals surface area contributed by atoms with Crippen LogP contribution in [0.1, 0.15) is 81.6 Å². The van der Waals surface area contributed by atoms with Crippen LogP contribution in [0.3, 0.4) is 0 Å². The lowest BCUT2D eigenvalue weighted by Crippen LogP contribution is -2.38. The first-order valence-corrected chi connectivity index (χ1v) is 26.2. The Hall–Kier alpha value is -8.77. The van der Waals surface area contributed by atoms with Gasteiger partial charge in [0.1, 0.15) is 49.0 Å². The van der Waals surface area contributed by atoms with Gasteiger partial charge in [-0.25, -0.2) is 19.7 Å². The maximum atomic E-state index is 13.5. The van der Waals surface area contributed by atoms with Crippen LogP contribution in [0.25, 0.3) is 22.3 Å². The van der Waals surface area contributed by atoms with E-state index in [1.165, 1.54) is 11.2 Å².